The number of ketones is 1. The average Bonchev–Trinajstić information content (AvgIpc) is 3.26. The molecule has 2 heterocycles. The van der Waals surface area contributed by atoms with E-state index in [1.807, 2.05) is 30.3 Å². The number of aryl methyl sites for hydroxylation is 1. The van der Waals surface area contributed by atoms with Crippen LogP contribution in [0.5, 0.6) is 5.75 Å². The van der Waals surface area contributed by atoms with Gasteiger partial charge in [0.15, 0.2) is 5.78 Å². The fraction of sp³-hybridized carbons (Fsp3) is 0.296. The summed E-state index contributed by atoms with van der Waals surface area (Å²) in [5, 5.41) is 0. The third-order valence-corrected chi connectivity index (χ3v) is 6.44. The van der Waals surface area contributed by atoms with Crippen LogP contribution in [0.4, 0.5) is 5.69 Å². The highest BCUT2D eigenvalue weighted by Crippen LogP contribution is 2.36. The third-order valence-electron chi connectivity index (χ3n) is 6.44. The van der Waals surface area contributed by atoms with E-state index in [0.717, 1.165) is 56.0 Å². The van der Waals surface area contributed by atoms with Crippen molar-refractivity contribution in [2.24, 2.45) is 5.73 Å². The van der Waals surface area contributed by atoms with Crippen LogP contribution in [0.25, 0.3) is 0 Å². The van der Waals surface area contributed by atoms with Crippen molar-refractivity contribution in [1.29, 1.82) is 0 Å². The fourth-order valence-corrected chi connectivity index (χ4v) is 4.60. The van der Waals surface area contributed by atoms with Crippen molar-refractivity contribution in [2.45, 2.75) is 25.4 Å². The Balaban J connectivity index is 1.27. The molecule has 174 valence electrons. The molecule has 1 fully saturated rings. The maximum absolute atomic E-state index is 13.0. The van der Waals surface area contributed by atoms with E-state index in [1.165, 1.54) is 11.8 Å². The van der Waals surface area contributed by atoms with Crippen LogP contribution in [-0.2, 0) is 17.6 Å². The summed E-state index contributed by atoms with van der Waals surface area (Å²) < 4.78 is 11.5. The predicted octanol–water partition coefficient (Wildman–Crippen LogP) is 3.51. The zero-order valence-corrected chi connectivity index (χ0v) is 18.9. The number of pyridine rings is 1. The topological polar surface area (TPSA) is 94.8 Å². The number of nitrogens with zero attached hydrogens (tertiary/aromatic N) is 2. The monoisotopic (exact) mass is 457 g/mol. The molecule has 5 rings (SSSR count). The molecule has 2 aliphatic rings. The van der Waals surface area contributed by atoms with Gasteiger partial charge in [0.05, 0.1) is 25.0 Å². The zero-order chi connectivity index (χ0) is 23.5. The van der Waals surface area contributed by atoms with E-state index >= 15 is 0 Å². The van der Waals surface area contributed by atoms with E-state index < -0.39 is 5.91 Å². The number of aromatic nitrogens is 1. The molecular formula is C27H27N3O4. The average molecular weight is 458 g/mol. The van der Waals surface area contributed by atoms with Gasteiger partial charge >= 0.3 is 0 Å². The lowest BCUT2D eigenvalue weighted by Gasteiger charge is -2.28. The molecule has 1 aromatic heterocycles. The van der Waals surface area contributed by atoms with E-state index in [1.54, 1.807) is 12.3 Å². The molecule has 7 nitrogen and oxygen atoms in total. The fourth-order valence-electron chi connectivity index (χ4n) is 4.60. The molecule has 0 radical (unpaired) electrons. The maximum atomic E-state index is 13.0. The van der Waals surface area contributed by atoms with E-state index in [-0.39, 0.29) is 11.9 Å². The number of carbonyl (C=O) groups excluding carboxylic acids is 2. The van der Waals surface area contributed by atoms with Gasteiger partial charge in [0, 0.05) is 37.0 Å². The van der Waals surface area contributed by atoms with Gasteiger partial charge in [-0.15, -0.1) is 0 Å². The summed E-state index contributed by atoms with van der Waals surface area (Å²) in [7, 11) is 0. The maximum Gasteiger partial charge on any atom is 0.250 e. The van der Waals surface area contributed by atoms with Crippen molar-refractivity contribution in [3.05, 3.63) is 88.7 Å². The van der Waals surface area contributed by atoms with Gasteiger partial charge < -0.3 is 20.1 Å². The van der Waals surface area contributed by atoms with Gasteiger partial charge in [0.2, 0.25) is 5.91 Å². The minimum absolute atomic E-state index is 0.0855. The number of rotatable bonds is 7. The van der Waals surface area contributed by atoms with E-state index in [4.69, 9.17) is 15.2 Å². The number of fused-ring (bicyclic) bond motifs is 1. The van der Waals surface area contributed by atoms with Crippen LogP contribution < -0.4 is 15.4 Å². The molecule has 2 aromatic carbocycles. The molecule has 1 aliphatic heterocycles. The van der Waals surface area contributed by atoms with Gasteiger partial charge in [0.1, 0.15) is 11.9 Å². The van der Waals surface area contributed by atoms with Crippen molar-refractivity contribution in [3.63, 3.8) is 0 Å². The number of Topliss-reactive ketones (excluding diaryl/α,β-unsaturated/α-hetero) is 1. The minimum atomic E-state index is -0.538. The Morgan fingerprint density at radius 1 is 1.03 bits per heavy atom. The second-order valence-electron chi connectivity index (χ2n) is 8.70. The number of nitrogens with two attached hydrogens (primary N) is 1. The Labute approximate surface area is 198 Å². The number of ether oxygens (including phenoxy) is 2. The molecule has 2 N–H and O–H groups in total. The smallest absolute Gasteiger partial charge is 0.250 e. The standard InChI is InChI=1S/C27H27N3O4/c28-27(32)21-15-23(17-29-16-21)34-26-8-5-19-2-1-18(13-24(19)26)14-25(31)20-3-6-22(7-4-20)30-9-11-33-12-10-30/h1-4,6-7,13,15-17,26H,5,8-12,14H2,(H2,28,32)/t26-/m1/s1. The van der Waals surface area contributed by atoms with E-state index in [0.29, 0.717) is 23.3 Å². The number of primary amides is 1. The molecule has 7 heteroatoms. The van der Waals surface area contributed by atoms with E-state index in [9.17, 15) is 9.59 Å². The Hall–Kier alpha value is -3.71. The molecule has 0 bridgehead atoms. The van der Waals surface area contributed by atoms with Crippen molar-refractivity contribution in [3.8, 4) is 5.75 Å². The molecule has 3 aromatic rings. The van der Waals surface area contributed by atoms with Crippen molar-refractivity contribution >= 4 is 17.4 Å². The number of amides is 1. The minimum Gasteiger partial charge on any atom is -0.484 e. The molecule has 0 unspecified atom stereocenters. The Kier molecular flexibility index (Phi) is 6.27. The van der Waals surface area contributed by atoms with Gasteiger partial charge in [-0.2, -0.15) is 0 Å². The summed E-state index contributed by atoms with van der Waals surface area (Å²) >= 11 is 0. The van der Waals surface area contributed by atoms with Crippen LogP contribution in [0.15, 0.2) is 60.9 Å². The lowest BCUT2D eigenvalue weighted by Crippen LogP contribution is -2.36. The van der Waals surface area contributed by atoms with Crippen LogP contribution in [0, 0.1) is 0 Å². The molecule has 34 heavy (non-hydrogen) atoms. The number of benzene rings is 2. The second kappa shape index (κ2) is 9.65. The predicted molar refractivity (Wildman–Crippen MR) is 128 cm³/mol. The van der Waals surface area contributed by atoms with Crippen LogP contribution in [0.2, 0.25) is 0 Å². The highest BCUT2D eigenvalue weighted by Gasteiger charge is 2.25. The SMILES string of the molecule is NC(=O)c1cncc(O[C@@H]2CCc3ccc(CC(=O)c4ccc(N5CCOCC5)cc4)cc32)c1. The second-order valence-corrected chi connectivity index (χ2v) is 8.70. The van der Waals surface area contributed by atoms with Gasteiger partial charge in [-0.25, -0.2) is 0 Å². The molecule has 1 aliphatic carbocycles. The van der Waals surface area contributed by atoms with Gasteiger partial charge in [-0.3, -0.25) is 14.6 Å². The van der Waals surface area contributed by atoms with Crippen molar-refractivity contribution in [2.75, 3.05) is 31.2 Å². The third kappa shape index (κ3) is 4.79. The van der Waals surface area contributed by atoms with Gasteiger partial charge in [0.25, 0.3) is 0 Å². The van der Waals surface area contributed by atoms with Crippen LogP contribution in [0.1, 0.15) is 49.9 Å². The summed E-state index contributed by atoms with van der Waals surface area (Å²) in [5.41, 5.74) is 10.8. The molecule has 1 atom stereocenters. The van der Waals surface area contributed by atoms with Crippen LogP contribution >= 0.6 is 0 Å². The van der Waals surface area contributed by atoms with Crippen LogP contribution in [-0.4, -0.2) is 43.0 Å². The molecule has 1 saturated heterocycles. The molecule has 1 amide bonds. The van der Waals surface area contributed by atoms with E-state index in [2.05, 4.69) is 22.0 Å². The Morgan fingerprint density at radius 3 is 2.59 bits per heavy atom. The summed E-state index contributed by atoms with van der Waals surface area (Å²) in [5.74, 6) is 0.0573. The first-order chi connectivity index (χ1) is 16.6. The zero-order valence-electron chi connectivity index (χ0n) is 18.9. The number of hydrogen-bond donors (Lipinski definition) is 1. The summed E-state index contributed by atoms with van der Waals surface area (Å²) in [4.78, 5) is 30.7. The largest absolute Gasteiger partial charge is 0.484 e. The van der Waals surface area contributed by atoms with Gasteiger partial charge in [-0.1, -0.05) is 18.2 Å². The normalized spacial score (nSPS) is 17.3. The number of carbonyl (C=O) groups is 2. The summed E-state index contributed by atoms with van der Waals surface area (Å²) in [6, 6.07) is 15.6. The lowest BCUT2D eigenvalue weighted by atomic mass is 9.99. The number of anilines is 1. The first-order valence-electron chi connectivity index (χ1n) is 11.6. The van der Waals surface area contributed by atoms with Crippen LogP contribution in [0.3, 0.4) is 0 Å². The Morgan fingerprint density at radius 2 is 1.82 bits per heavy atom. The van der Waals surface area contributed by atoms with Crippen molar-refractivity contribution < 1.29 is 19.1 Å². The molecular weight excluding hydrogens is 430 g/mol. The highest BCUT2D eigenvalue weighted by atomic mass is 16.5. The Bertz CT molecular complexity index is 1200. The first kappa shape index (κ1) is 22.1. The molecule has 0 saturated carbocycles. The first-order valence-corrected chi connectivity index (χ1v) is 11.6. The van der Waals surface area contributed by atoms with Gasteiger partial charge in [-0.05, 0) is 59.9 Å². The van der Waals surface area contributed by atoms with Crippen molar-refractivity contribution in [1.82, 2.24) is 4.98 Å². The summed E-state index contributed by atoms with van der Waals surface area (Å²) in [6.07, 6.45) is 4.92. The summed E-state index contributed by atoms with van der Waals surface area (Å²) in [6.45, 7) is 3.21. The number of morpholine rings is 1. The number of hydrogen-bond acceptors (Lipinski definition) is 6. The lowest BCUT2D eigenvalue weighted by molar-refractivity contribution is 0.0987. The molecule has 0 spiro atoms. The highest BCUT2D eigenvalue weighted by molar-refractivity contribution is 5.97. The quantitative estimate of drug-likeness (QED) is 0.546.